The first-order valence-electron chi connectivity index (χ1n) is 9.09. The van der Waals surface area contributed by atoms with E-state index in [0.717, 1.165) is 28.6 Å². The van der Waals surface area contributed by atoms with Gasteiger partial charge in [-0.15, -0.1) is 11.3 Å². The number of hydrogen-bond acceptors (Lipinski definition) is 4. The molecule has 138 valence electrons. The molecule has 2 aromatic heterocycles. The summed E-state index contributed by atoms with van der Waals surface area (Å²) in [7, 11) is 0. The van der Waals surface area contributed by atoms with Crippen LogP contribution >= 0.6 is 11.3 Å². The van der Waals surface area contributed by atoms with Gasteiger partial charge in [0.1, 0.15) is 0 Å². The Hall–Kier alpha value is -2.73. The van der Waals surface area contributed by atoms with Gasteiger partial charge in [-0.05, 0) is 55.3 Å². The van der Waals surface area contributed by atoms with Crippen molar-refractivity contribution in [2.45, 2.75) is 31.6 Å². The Labute approximate surface area is 161 Å². The van der Waals surface area contributed by atoms with Gasteiger partial charge in [-0.2, -0.15) is 0 Å². The number of benzene rings is 1. The van der Waals surface area contributed by atoms with Crippen LogP contribution in [0.1, 0.15) is 47.0 Å². The number of hydrogen-bond donors (Lipinski definition) is 2. The maximum absolute atomic E-state index is 12.5. The Morgan fingerprint density at radius 2 is 1.85 bits per heavy atom. The summed E-state index contributed by atoms with van der Waals surface area (Å²) in [5, 5.41) is 13.1. The molecule has 0 atom stereocenters. The van der Waals surface area contributed by atoms with Crippen molar-refractivity contribution in [2.24, 2.45) is 5.92 Å². The Balaban J connectivity index is 1.40. The van der Waals surface area contributed by atoms with Crippen molar-refractivity contribution in [3.63, 3.8) is 0 Å². The van der Waals surface area contributed by atoms with E-state index in [1.165, 1.54) is 11.3 Å². The van der Waals surface area contributed by atoms with Crippen LogP contribution in [0.15, 0.2) is 48.7 Å². The van der Waals surface area contributed by atoms with Crippen molar-refractivity contribution in [2.75, 3.05) is 5.32 Å². The van der Waals surface area contributed by atoms with E-state index < -0.39 is 5.97 Å². The number of pyridine rings is 1. The third-order valence-corrected chi connectivity index (χ3v) is 6.30. The highest BCUT2D eigenvalue weighted by Crippen LogP contribution is 2.35. The number of aliphatic carboxylic acids is 1. The number of rotatable bonds is 4. The van der Waals surface area contributed by atoms with E-state index >= 15 is 0 Å². The number of anilines is 1. The van der Waals surface area contributed by atoms with Crippen LogP contribution in [0, 0.1) is 5.92 Å². The second-order valence-corrected chi connectivity index (χ2v) is 8.04. The minimum atomic E-state index is -0.694. The van der Waals surface area contributed by atoms with Crippen LogP contribution in [-0.4, -0.2) is 22.0 Å². The van der Waals surface area contributed by atoms with Crippen LogP contribution in [-0.2, 0) is 4.79 Å². The molecular weight excluding hydrogens is 360 g/mol. The smallest absolute Gasteiger partial charge is 0.306 e. The zero-order valence-electron chi connectivity index (χ0n) is 14.7. The predicted molar refractivity (Wildman–Crippen MR) is 106 cm³/mol. The molecule has 0 unspecified atom stereocenters. The first-order valence-corrected chi connectivity index (χ1v) is 9.90. The molecule has 4 rings (SSSR count). The van der Waals surface area contributed by atoms with Crippen molar-refractivity contribution in [1.82, 2.24) is 4.98 Å². The van der Waals surface area contributed by atoms with Crippen LogP contribution < -0.4 is 5.32 Å². The molecule has 27 heavy (non-hydrogen) atoms. The van der Waals surface area contributed by atoms with Crippen LogP contribution in [0.25, 0.3) is 10.1 Å². The summed E-state index contributed by atoms with van der Waals surface area (Å²) in [6.45, 7) is 0. The molecule has 6 heteroatoms. The number of amides is 1. The average molecular weight is 380 g/mol. The Bertz CT molecular complexity index is 940. The molecule has 0 bridgehead atoms. The summed E-state index contributed by atoms with van der Waals surface area (Å²) in [6, 6.07) is 13.6. The summed E-state index contributed by atoms with van der Waals surface area (Å²) in [6.07, 6.45) is 4.77. The van der Waals surface area contributed by atoms with Crippen LogP contribution in [0.3, 0.4) is 0 Å². The van der Waals surface area contributed by atoms with Gasteiger partial charge in [0.25, 0.3) is 5.91 Å². The molecule has 1 amide bonds. The highest BCUT2D eigenvalue weighted by Gasteiger charge is 2.27. The number of fused-ring (bicyclic) bond motifs is 1. The predicted octanol–water partition coefficient (Wildman–Crippen LogP) is 4.91. The standard InChI is InChI=1S/C21H20N2O3S/c24-20(19-11-15-3-1-2-4-18(15)27-19)23-16-9-10-17(22-12-16)13-5-7-14(8-6-13)21(25)26/h1-4,9-14H,5-8H2,(H,23,24)(H,25,26). The number of carbonyl (C=O) groups is 2. The number of carbonyl (C=O) groups excluding carboxylic acids is 1. The third kappa shape index (κ3) is 3.85. The molecule has 5 nitrogen and oxygen atoms in total. The monoisotopic (exact) mass is 380 g/mol. The van der Waals surface area contributed by atoms with E-state index in [0.29, 0.717) is 29.3 Å². The minimum absolute atomic E-state index is 0.132. The molecule has 0 aliphatic heterocycles. The zero-order valence-corrected chi connectivity index (χ0v) is 15.5. The van der Waals surface area contributed by atoms with Crippen molar-refractivity contribution in [1.29, 1.82) is 0 Å². The normalized spacial score (nSPS) is 19.7. The molecule has 3 aromatic rings. The van der Waals surface area contributed by atoms with Gasteiger partial charge in [0.05, 0.1) is 22.7 Å². The SMILES string of the molecule is O=C(Nc1ccc(C2CCC(C(=O)O)CC2)nc1)c1cc2ccccc2s1. The summed E-state index contributed by atoms with van der Waals surface area (Å²) >= 11 is 1.47. The lowest BCUT2D eigenvalue weighted by atomic mass is 9.80. The molecule has 1 aliphatic carbocycles. The van der Waals surface area contributed by atoms with Crippen LogP contribution in [0.2, 0.25) is 0 Å². The summed E-state index contributed by atoms with van der Waals surface area (Å²) < 4.78 is 1.09. The van der Waals surface area contributed by atoms with Gasteiger partial charge in [0, 0.05) is 16.3 Å². The van der Waals surface area contributed by atoms with E-state index in [2.05, 4.69) is 10.3 Å². The lowest BCUT2D eigenvalue weighted by molar-refractivity contribution is -0.142. The van der Waals surface area contributed by atoms with Gasteiger partial charge in [0.15, 0.2) is 0 Å². The molecule has 0 radical (unpaired) electrons. The molecule has 1 saturated carbocycles. The Kier molecular flexibility index (Phi) is 4.90. The van der Waals surface area contributed by atoms with Gasteiger partial charge >= 0.3 is 5.97 Å². The molecule has 2 N–H and O–H groups in total. The summed E-state index contributed by atoms with van der Waals surface area (Å²) in [4.78, 5) is 28.7. The van der Waals surface area contributed by atoms with Crippen LogP contribution in [0.4, 0.5) is 5.69 Å². The fourth-order valence-electron chi connectivity index (χ4n) is 3.64. The number of thiophene rings is 1. The van der Waals surface area contributed by atoms with Gasteiger partial charge < -0.3 is 10.4 Å². The van der Waals surface area contributed by atoms with Crippen molar-refractivity contribution < 1.29 is 14.7 Å². The van der Waals surface area contributed by atoms with Crippen LogP contribution in [0.5, 0.6) is 0 Å². The quantitative estimate of drug-likeness (QED) is 0.674. The first-order chi connectivity index (χ1) is 13.1. The van der Waals surface area contributed by atoms with E-state index in [1.807, 2.05) is 42.5 Å². The van der Waals surface area contributed by atoms with Crippen molar-refractivity contribution in [3.05, 3.63) is 59.2 Å². The molecular formula is C21H20N2O3S. The molecule has 1 fully saturated rings. The largest absolute Gasteiger partial charge is 0.481 e. The van der Waals surface area contributed by atoms with Gasteiger partial charge in [-0.25, -0.2) is 0 Å². The highest BCUT2D eigenvalue weighted by atomic mass is 32.1. The highest BCUT2D eigenvalue weighted by molar-refractivity contribution is 7.20. The number of nitrogens with one attached hydrogen (secondary N) is 1. The number of aromatic nitrogens is 1. The van der Waals surface area contributed by atoms with E-state index in [4.69, 9.17) is 5.11 Å². The van der Waals surface area contributed by atoms with E-state index in [1.54, 1.807) is 6.20 Å². The summed E-state index contributed by atoms with van der Waals surface area (Å²) in [5.74, 6) is -0.748. The molecule has 2 heterocycles. The second kappa shape index (κ2) is 7.48. The van der Waals surface area contributed by atoms with Gasteiger partial charge in [0.2, 0.25) is 0 Å². The fraction of sp³-hybridized carbons (Fsp3) is 0.286. The van der Waals surface area contributed by atoms with E-state index in [9.17, 15) is 9.59 Å². The lowest BCUT2D eigenvalue weighted by Gasteiger charge is -2.25. The maximum atomic E-state index is 12.5. The van der Waals surface area contributed by atoms with Crippen molar-refractivity contribution >= 4 is 39.0 Å². The minimum Gasteiger partial charge on any atom is -0.481 e. The second-order valence-electron chi connectivity index (χ2n) is 6.96. The van der Waals surface area contributed by atoms with Gasteiger partial charge in [-0.3, -0.25) is 14.6 Å². The maximum Gasteiger partial charge on any atom is 0.306 e. The average Bonchev–Trinajstić information content (AvgIpc) is 3.13. The van der Waals surface area contributed by atoms with Gasteiger partial charge in [-0.1, -0.05) is 18.2 Å². The number of nitrogens with zero attached hydrogens (tertiary/aromatic N) is 1. The zero-order chi connectivity index (χ0) is 18.8. The Morgan fingerprint density at radius 1 is 1.07 bits per heavy atom. The first kappa shape index (κ1) is 17.7. The fourth-order valence-corrected chi connectivity index (χ4v) is 4.60. The molecule has 0 spiro atoms. The number of carboxylic acid groups (broad SMARTS) is 1. The topological polar surface area (TPSA) is 79.3 Å². The summed E-state index contributed by atoms with van der Waals surface area (Å²) in [5.41, 5.74) is 1.64. The molecule has 0 saturated heterocycles. The third-order valence-electron chi connectivity index (χ3n) is 5.19. The molecule has 1 aromatic carbocycles. The Morgan fingerprint density at radius 3 is 2.52 bits per heavy atom. The lowest BCUT2D eigenvalue weighted by Crippen LogP contribution is -2.21. The van der Waals surface area contributed by atoms with E-state index in [-0.39, 0.29) is 11.8 Å². The van der Waals surface area contributed by atoms with Crippen molar-refractivity contribution in [3.8, 4) is 0 Å². The number of carboxylic acids is 1. The molecule has 1 aliphatic rings.